The van der Waals surface area contributed by atoms with Crippen molar-refractivity contribution in [2.45, 2.75) is 166 Å². The molecule has 12 aromatic rings. The van der Waals surface area contributed by atoms with Crippen molar-refractivity contribution < 1.29 is 59.1 Å². The number of imidazole rings is 3. The van der Waals surface area contributed by atoms with E-state index in [9.17, 15) is 30.6 Å². The van der Waals surface area contributed by atoms with Gasteiger partial charge in [-0.05, 0) is 63.6 Å². The van der Waals surface area contributed by atoms with Crippen LogP contribution in [0.4, 0.5) is 17.5 Å². The lowest BCUT2D eigenvalue weighted by molar-refractivity contribution is -0.0580. The highest BCUT2D eigenvalue weighted by Gasteiger charge is 2.47. The molecule has 9 heterocycles. The van der Waals surface area contributed by atoms with Crippen molar-refractivity contribution in [2.24, 2.45) is 29.4 Å². The Labute approximate surface area is 731 Å². The molecule has 3 saturated heterocycles. The first-order chi connectivity index (χ1) is 60.6. The van der Waals surface area contributed by atoms with Gasteiger partial charge in [-0.1, -0.05) is 243 Å². The number of nitrogens with one attached hydrogen (secondary N) is 4. The second-order valence-corrected chi connectivity index (χ2v) is 33.4. The molecule has 6 aromatic carbocycles. The van der Waals surface area contributed by atoms with Crippen molar-refractivity contribution in [2.75, 3.05) is 96.4 Å². The summed E-state index contributed by atoms with van der Waals surface area (Å²) in [4.78, 5) is 45.0. The Bertz CT molecular complexity index is 5110. The van der Waals surface area contributed by atoms with Crippen LogP contribution in [0.1, 0.15) is 143 Å². The molecule has 12 atom stereocenters. The lowest BCUT2D eigenvalue weighted by Gasteiger charge is -2.26. The van der Waals surface area contributed by atoms with Crippen LogP contribution in [0.15, 0.2) is 214 Å². The Morgan fingerprint density at radius 2 is 0.680 bits per heavy atom. The van der Waals surface area contributed by atoms with Crippen LogP contribution >= 0.6 is 0 Å². The Morgan fingerprint density at radius 1 is 0.400 bits per heavy atom. The van der Waals surface area contributed by atoms with Gasteiger partial charge in [0.1, 0.15) is 72.4 Å². The minimum Gasteiger partial charge on any atom is -0.387 e. The van der Waals surface area contributed by atoms with Crippen LogP contribution < -0.4 is 27.0 Å². The van der Waals surface area contributed by atoms with Gasteiger partial charge in [0, 0.05) is 71.8 Å². The third-order valence-corrected chi connectivity index (χ3v) is 22.0. The van der Waals surface area contributed by atoms with Crippen LogP contribution in [-0.4, -0.2) is 229 Å². The van der Waals surface area contributed by atoms with Crippen molar-refractivity contribution >= 4 is 50.9 Å². The molecule has 3 aliphatic rings. The van der Waals surface area contributed by atoms with Gasteiger partial charge >= 0.3 is 0 Å². The molecule has 0 bridgehead atoms. The van der Waals surface area contributed by atoms with E-state index < -0.39 is 73.6 Å². The number of anilines is 3. The van der Waals surface area contributed by atoms with Crippen LogP contribution in [-0.2, 0) is 48.1 Å². The predicted octanol–water partition coefficient (Wildman–Crippen LogP) is 11.2. The molecule has 0 saturated carbocycles. The lowest BCUT2D eigenvalue weighted by atomic mass is 9.91. The summed E-state index contributed by atoms with van der Waals surface area (Å²) >= 11 is 0. The van der Waals surface area contributed by atoms with Crippen molar-refractivity contribution in [3.63, 3.8) is 0 Å². The highest BCUT2D eigenvalue weighted by atomic mass is 16.6. The Balaban J connectivity index is 0.000000167. The van der Waals surface area contributed by atoms with Gasteiger partial charge in [0.25, 0.3) is 0 Å². The van der Waals surface area contributed by atoms with E-state index in [1.165, 1.54) is 61.0 Å². The first kappa shape index (κ1) is 93.7. The van der Waals surface area contributed by atoms with Crippen LogP contribution in [0.2, 0.25) is 0 Å². The molecular weight excluding hydrogens is 1590 g/mol. The molecule has 12 N–H and O–H groups in total. The van der Waals surface area contributed by atoms with Gasteiger partial charge in [-0.2, -0.15) is 0 Å². The average molecular weight is 1710 g/mol. The van der Waals surface area contributed by atoms with Gasteiger partial charge < -0.3 is 86.1 Å². The lowest BCUT2D eigenvalue weighted by Crippen LogP contribution is -2.33. The zero-order valence-electron chi connectivity index (χ0n) is 73.3. The summed E-state index contributed by atoms with van der Waals surface area (Å²) in [5.41, 5.74) is 16.2. The van der Waals surface area contributed by atoms with E-state index in [1.54, 1.807) is 26.4 Å². The number of hydrogen-bond acceptors (Lipinski definition) is 27. The summed E-state index contributed by atoms with van der Waals surface area (Å²) in [6.07, 6.45) is -4.74. The van der Waals surface area contributed by atoms with Gasteiger partial charge in [0.05, 0.1) is 58.4 Å². The summed E-state index contributed by atoms with van der Waals surface area (Å²) in [5, 5.41) is 78.0. The van der Waals surface area contributed by atoms with E-state index in [2.05, 4.69) is 205 Å². The number of aliphatic hydroxyl groups is 6. The van der Waals surface area contributed by atoms with Crippen molar-refractivity contribution in [1.82, 2.24) is 68.8 Å². The topological polar surface area (TPSA) is 385 Å². The van der Waals surface area contributed by atoms with Crippen LogP contribution in [0.5, 0.6) is 0 Å². The normalized spacial score (nSPS) is 20.6. The van der Waals surface area contributed by atoms with Gasteiger partial charge in [-0.25, -0.2) is 44.9 Å². The number of rotatable bonds is 36. The summed E-state index contributed by atoms with van der Waals surface area (Å²) < 4.78 is 38.4. The largest absolute Gasteiger partial charge is 0.387 e. The summed E-state index contributed by atoms with van der Waals surface area (Å²) in [6.45, 7) is 27.0. The third kappa shape index (κ3) is 24.0. The van der Waals surface area contributed by atoms with E-state index in [4.69, 9.17) is 59.1 Å². The minimum absolute atomic E-state index is 0.0748. The summed E-state index contributed by atoms with van der Waals surface area (Å²) in [7, 11) is 4.58. The number of hydrogen-bond donors (Lipinski definition) is 11. The van der Waals surface area contributed by atoms with Gasteiger partial charge in [-0.3, -0.25) is 18.6 Å². The molecule has 6 aromatic heterocycles. The van der Waals surface area contributed by atoms with Crippen LogP contribution in [0.3, 0.4) is 0 Å². The number of benzene rings is 6. The van der Waals surface area contributed by atoms with Crippen molar-refractivity contribution in [3.8, 4) is 0 Å². The molecule has 0 amide bonds. The molecule has 666 valence electrons. The highest BCUT2D eigenvalue weighted by Crippen LogP contribution is 2.39. The Kier molecular flexibility index (Phi) is 34.2. The molecule has 0 radical (unpaired) electrons. The molecule has 15 rings (SSSR count). The average Bonchev–Trinajstić information content (AvgIpc) is 1.63. The molecule has 30 nitrogen and oxygen atoms in total. The molecule has 0 aliphatic carbocycles. The van der Waals surface area contributed by atoms with Crippen LogP contribution in [0.25, 0.3) is 33.5 Å². The first-order valence-electron chi connectivity index (χ1n) is 43.1. The van der Waals surface area contributed by atoms with Gasteiger partial charge in [0.2, 0.25) is 0 Å². The molecule has 3 fully saturated rings. The maximum absolute atomic E-state index is 10.9. The van der Waals surface area contributed by atoms with E-state index in [0.717, 1.165) is 19.6 Å². The zero-order chi connectivity index (χ0) is 88.6. The molecule has 0 unspecified atom stereocenters. The molecular formula is C95H124N18O12. The fourth-order valence-electron chi connectivity index (χ4n) is 15.7. The minimum atomic E-state index is -1.17. The Hall–Kier alpha value is -10.5. The zero-order valence-corrected chi connectivity index (χ0v) is 73.3. The fourth-order valence-corrected chi connectivity index (χ4v) is 15.7. The monoisotopic (exact) mass is 1710 g/mol. The predicted molar refractivity (Wildman–Crippen MR) is 483 cm³/mol. The van der Waals surface area contributed by atoms with Gasteiger partial charge in [0.15, 0.2) is 69.6 Å². The number of fused-ring (bicyclic) bond motifs is 3. The van der Waals surface area contributed by atoms with E-state index in [0.29, 0.717) is 125 Å². The SMILES string of the molecule is C=CC(C)C.COC[C@H]1O[C@@H](n2cnc3c(NCC(c4ccccc4)c4ccccc4)nc(CN(CC(C)C)CC(C)C)nc32)[C@H](O)[C@@H]1O.COC[C@H]1O[C@@H](n2cnc3c(NCC(c4ccccc4)c4ccccc4)nc(CN)nc32)[C@H](O)[C@@H]1O.COC[C@H]1O[C@@H](n2cnc3c(NCC(c4ccccc4)c4ccccc4)nc(CNCC(C)C)nc32)[C@H](O)[C@@H]1O. The quantitative estimate of drug-likeness (QED) is 0.0162. The van der Waals surface area contributed by atoms with E-state index >= 15 is 0 Å². The summed E-state index contributed by atoms with van der Waals surface area (Å²) in [5.74, 6) is 5.76. The summed E-state index contributed by atoms with van der Waals surface area (Å²) in [6, 6.07) is 62.2. The van der Waals surface area contributed by atoms with E-state index in [1.807, 2.05) is 91.0 Å². The number of ether oxygens (including phenoxy) is 6. The second-order valence-electron chi connectivity index (χ2n) is 33.4. The smallest absolute Gasteiger partial charge is 0.168 e. The molecule has 3 aliphatic heterocycles. The molecule has 30 heteroatoms. The maximum Gasteiger partial charge on any atom is 0.168 e. The van der Waals surface area contributed by atoms with Crippen molar-refractivity contribution in [3.05, 3.63) is 264 Å². The van der Waals surface area contributed by atoms with Gasteiger partial charge in [-0.15, -0.1) is 6.58 Å². The fraction of sp³-hybridized carbons (Fsp3) is 0.442. The molecule has 125 heavy (non-hydrogen) atoms. The number of methoxy groups -OCH3 is 3. The number of aromatic nitrogens is 12. The highest BCUT2D eigenvalue weighted by molar-refractivity contribution is 5.85. The Morgan fingerprint density at radius 3 is 0.952 bits per heavy atom. The number of allylic oxidation sites excluding steroid dienone is 1. The number of nitrogens with two attached hydrogens (primary N) is 1. The standard InChI is InChI=1S/C34H46N6O4.C30H38N6O4.C26H30N6O4.C5H10/c1-22(2)17-39(18-23(3)4)19-28-37-32(35-16-26(24-12-8-6-9-13-24)25-14-10-7-11-15-25)29-33(38-28)40(21-36-29)34-31(42)30(41)27(44-34)20-43-5;1-19(2)14-31-16-24-34-28(32-15-22(20-10-6-4-7-11-20)21-12-8-5-9-13-21)25-29(35-24)36(18-33-25)30-27(38)26(37)23(40-30)17-39-3;1-35-14-19-22(33)23(34)26(36-19)32-15-29-21-24(30-20(12-27)31-25(21)32)28-13-18(16-8-4-2-5-9-16)17-10-6-3-7-11-17;1-4-5(2)3/h6-15,21-23,26-27,30-31,34,41-42H,16-20H2,1-5H3,(H,35,37,38);4-13,18-19,22-23,26-27,30-31,37-38H,14-17H2,1-3H3,(H,32,34,35);2-11,15,18-19,22-23,26,33-34H,12-14,27H2,1H3,(H,28,30,31);4-5H,1H2,2-3H3/t27-,30-,31-,34-;23-,26-,27-,30-;19-,22-,23-,26-;/m111./s1. The number of aliphatic hydroxyl groups excluding tert-OH is 6. The number of nitrogens with zero attached hydrogens (tertiary/aromatic N) is 13. The third-order valence-electron chi connectivity index (χ3n) is 22.0. The maximum atomic E-state index is 10.9. The molecule has 0 spiro atoms. The first-order valence-corrected chi connectivity index (χ1v) is 43.1. The van der Waals surface area contributed by atoms with Crippen LogP contribution in [0, 0.1) is 23.7 Å². The second kappa shape index (κ2) is 45.6. The van der Waals surface area contributed by atoms with E-state index in [-0.39, 0.29) is 44.1 Å². The van der Waals surface area contributed by atoms with Crippen molar-refractivity contribution in [1.29, 1.82) is 0 Å².